The number of benzene rings is 1. The van der Waals surface area contributed by atoms with Crippen LogP contribution in [0.15, 0.2) is 18.2 Å². The molecule has 2 rings (SSSR count). The van der Waals surface area contributed by atoms with Crippen LogP contribution in [-0.2, 0) is 4.79 Å². The highest BCUT2D eigenvalue weighted by atomic mass is 16.5. The molecule has 1 aromatic carbocycles. The first-order valence-corrected chi connectivity index (χ1v) is 6.05. The normalized spacial score (nSPS) is 13.9. The maximum Gasteiger partial charge on any atom is 0.251 e. The second kappa shape index (κ2) is 5.53. The molecule has 1 aliphatic heterocycles. The third-order valence-corrected chi connectivity index (χ3v) is 2.64. The lowest BCUT2D eigenvalue weighted by Gasteiger charge is -2.09. The standard InChI is InChI=1S/C13H16N2O3/c1-2-6-14-13(17)9-3-4-11-10(8-9)15-12(16)5-7-18-11/h3-4,8H,2,5-7H2,1H3,(H,14,17)(H,15,16). The van der Waals surface area contributed by atoms with Gasteiger partial charge in [-0.3, -0.25) is 9.59 Å². The van der Waals surface area contributed by atoms with Crippen molar-refractivity contribution in [3.05, 3.63) is 23.8 Å². The Bertz CT molecular complexity index is 471. The van der Waals surface area contributed by atoms with Crippen LogP contribution in [-0.4, -0.2) is 25.0 Å². The van der Waals surface area contributed by atoms with Gasteiger partial charge in [-0.15, -0.1) is 0 Å². The van der Waals surface area contributed by atoms with Crippen molar-refractivity contribution in [2.75, 3.05) is 18.5 Å². The highest BCUT2D eigenvalue weighted by Gasteiger charge is 2.15. The van der Waals surface area contributed by atoms with E-state index in [0.29, 0.717) is 36.6 Å². The van der Waals surface area contributed by atoms with Crippen LogP contribution in [0.25, 0.3) is 0 Å². The van der Waals surface area contributed by atoms with Gasteiger partial charge in [0.2, 0.25) is 5.91 Å². The minimum Gasteiger partial charge on any atom is -0.491 e. The number of fused-ring (bicyclic) bond motifs is 1. The summed E-state index contributed by atoms with van der Waals surface area (Å²) < 4.78 is 5.42. The maximum atomic E-state index is 11.8. The molecule has 5 heteroatoms. The van der Waals surface area contributed by atoms with Gasteiger partial charge in [-0.25, -0.2) is 0 Å². The fraction of sp³-hybridized carbons (Fsp3) is 0.385. The smallest absolute Gasteiger partial charge is 0.251 e. The number of carbonyl (C=O) groups excluding carboxylic acids is 2. The summed E-state index contributed by atoms with van der Waals surface area (Å²) in [6.07, 6.45) is 1.21. The van der Waals surface area contributed by atoms with Crippen molar-refractivity contribution in [3.63, 3.8) is 0 Å². The minimum atomic E-state index is -0.141. The van der Waals surface area contributed by atoms with Crippen molar-refractivity contribution in [1.29, 1.82) is 0 Å². The first-order valence-electron chi connectivity index (χ1n) is 6.05. The molecule has 2 amide bonds. The number of hydrogen-bond acceptors (Lipinski definition) is 3. The van der Waals surface area contributed by atoms with E-state index < -0.39 is 0 Å². The summed E-state index contributed by atoms with van der Waals surface area (Å²) in [7, 11) is 0. The molecular weight excluding hydrogens is 232 g/mol. The van der Waals surface area contributed by atoms with Crippen LogP contribution in [0.2, 0.25) is 0 Å². The van der Waals surface area contributed by atoms with Gasteiger partial charge in [-0.2, -0.15) is 0 Å². The van der Waals surface area contributed by atoms with E-state index in [-0.39, 0.29) is 11.8 Å². The molecule has 1 heterocycles. The molecule has 0 fully saturated rings. The Morgan fingerprint density at radius 2 is 2.33 bits per heavy atom. The Balaban J connectivity index is 2.20. The summed E-state index contributed by atoms with van der Waals surface area (Å²) >= 11 is 0. The minimum absolute atomic E-state index is 0.0973. The van der Waals surface area contributed by atoms with Crippen LogP contribution in [0.5, 0.6) is 5.75 Å². The van der Waals surface area contributed by atoms with Crippen molar-refractivity contribution < 1.29 is 14.3 Å². The van der Waals surface area contributed by atoms with Crippen molar-refractivity contribution in [2.45, 2.75) is 19.8 Å². The Labute approximate surface area is 106 Å². The van der Waals surface area contributed by atoms with Gasteiger partial charge in [-0.1, -0.05) is 6.92 Å². The van der Waals surface area contributed by atoms with Crippen LogP contribution < -0.4 is 15.4 Å². The molecule has 0 atom stereocenters. The average Bonchev–Trinajstić information content (AvgIpc) is 2.55. The molecule has 0 spiro atoms. The van der Waals surface area contributed by atoms with Gasteiger partial charge in [0.05, 0.1) is 18.7 Å². The van der Waals surface area contributed by atoms with Crippen molar-refractivity contribution in [2.24, 2.45) is 0 Å². The molecule has 96 valence electrons. The SMILES string of the molecule is CCCNC(=O)c1ccc2c(c1)NC(=O)CCO2. The summed E-state index contributed by atoms with van der Waals surface area (Å²) in [5, 5.41) is 5.52. The van der Waals surface area contributed by atoms with E-state index in [1.807, 2.05) is 6.92 Å². The van der Waals surface area contributed by atoms with Crippen LogP contribution in [0, 0.1) is 0 Å². The zero-order valence-electron chi connectivity index (χ0n) is 10.3. The van der Waals surface area contributed by atoms with Crippen molar-refractivity contribution in [1.82, 2.24) is 5.32 Å². The van der Waals surface area contributed by atoms with Crippen molar-refractivity contribution >= 4 is 17.5 Å². The average molecular weight is 248 g/mol. The van der Waals surface area contributed by atoms with E-state index >= 15 is 0 Å². The predicted octanol–water partition coefficient (Wildman–Crippen LogP) is 1.55. The number of amides is 2. The van der Waals surface area contributed by atoms with Gasteiger partial charge in [0.1, 0.15) is 5.75 Å². The molecule has 5 nitrogen and oxygen atoms in total. The molecule has 18 heavy (non-hydrogen) atoms. The molecule has 0 radical (unpaired) electrons. The fourth-order valence-electron chi connectivity index (χ4n) is 1.70. The van der Waals surface area contributed by atoms with E-state index in [1.54, 1.807) is 18.2 Å². The summed E-state index contributed by atoms with van der Waals surface area (Å²) in [6, 6.07) is 5.05. The number of carbonyl (C=O) groups is 2. The number of hydrogen-bond donors (Lipinski definition) is 2. The van der Waals surface area contributed by atoms with Crippen molar-refractivity contribution in [3.8, 4) is 5.75 Å². The Morgan fingerprint density at radius 1 is 1.50 bits per heavy atom. The molecule has 0 aliphatic carbocycles. The predicted molar refractivity (Wildman–Crippen MR) is 67.8 cm³/mol. The largest absolute Gasteiger partial charge is 0.491 e. The van der Waals surface area contributed by atoms with E-state index in [9.17, 15) is 9.59 Å². The van der Waals surface area contributed by atoms with Crippen LogP contribution >= 0.6 is 0 Å². The lowest BCUT2D eigenvalue weighted by molar-refractivity contribution is -0.116. The third kappa shape index (κ3) is 2.80. The zero-order valence-corrected chi connectivity index (χ0v) is 10.3. The Morgan fingerprint density at radius 3 is 3.11 bits per heavy atom. The molecule has 2 N–H and O–H groups in total. The van der Waals surface area contributed by atoms with Crippen LogP contribution in [0.3, 0.4) is 0 Å². The van der Waals surface area contributed by atoms with Gasteiger partial charge in [0.15, 0.2) is 0 Å². The van der Waals surface area contributed by atoms with Crippen LogP contribution in [0.1, 0.15) is 30.1 Å². The number of rotatable bonds is 3. The van der Waals surface area contributed by atoms with E-state index in [2.05, 4.69) is 10.6 Å². The lowest BCUT2D eigenvalue weighted by atomic mass is 10.1. The van der Waals surface area contributed by atoms with Gasteiger partial charge in [0.25, 0.3) is 5.91 Å². The lowest BCUT2D eigenvalue weighted by Crippen LogP contribution is -2.24. The molecule has 0 bridgehead atoms. The molecule has 0 saturated carbocycles. The van der Waals surface area contributed by atoms with Gasteiger partial charge in [-0.05, 0) is 24.6 Å². The summed E-state index contributed by atoms with van der Waals surface area (Å²) in [6.45, 7) is 2.99. The van der Waals surface area contributed by atoms with E-state index in [4.69, 9.17) is 4.74 Å². The number of nitrogens with one attached hydrogen (secondary N) is 2. The highest BCUT2D eigenvalue weighted by Crippen LogP contribution is 2.27. The molecule has 1 aliphatic rings. The summed E-state index contributed by atoms with van der Waals surface area (Å²) in [5.41, 5.74) is 1.08. The van der Waals surface area contributed by atoms with Gasteiger partial charge >= 0.3 is 0 Å². The maximum absolute atomic E-state index is 11.8. The monoisotopic (exact) mass is 248 g/mol. The zero-order chi connectivity index (χ0) is 13.0. The second-order valence-corrected chi connectivity index (χ2v) is 4.11. The summed E-state index contributed by atoms with van der Waals surface area (Å²) in [4.78, 5) is 23.2. The van der Waals surface area contributed by atoms with Gasteiger partial charge < -0.3 is 15.4 Å². The number of anilines is 1. The highest BCUT2D eigenvalue weighted by molar-refractivity contribution is 5.98. The first kappa shape index (κ1) is 12.4. The Hall–Kier alpha value is -2.04. The molecule has 1 aromatic rings. The molecule has 0 unspecified atom stereocenters. The second-order valence-electron chi connectivity index (χ2n) is 4.11. The fourth-order valence-corrected chi connectivity index (χ4v) is 1.70. The van der Waals surface area contributed by atoms with E-state index in [0.717, 1.165) is 6.42 Å². The van der Waals surface area contributed by atoms with Crippen LogP contribution in [0.4, 0.5) is 5.69 Å². The topological polar surface area (TPSA) is 67.4 Å². The molecular formula is C13H16N2O3. The molecule has 0 aromatic heterocycles. The Kier molecular flexibility index (Phi) is 3.82. The van der Waals surface area contributed by atoms with Gasteiger partial charge in [0, 0.05) is 12.1 Å². The summed E-state index contributed by atoms with van der Waals surface area (Å²) in [5.74, 6) is 0.367. The first-order chi connectivity index (χ1) is 8.70. The van der Waals surface area contributed by atoms with E-state index in [1.165, 1.54) is 0 Å². The number of ether oxygens (including phenoxy) is 1. The third-order valence-electron chi connectivity index (χ3n) is 2.64. The quantitative estimate of drug-likeness (QED) is 0.852. The molecule has 0 saturated heterocycles.